The van der Waals surface area contributed by atoms with Gasteiger partial charge in [0.05, 0.1) is 17.9 Å². The highest BCUT2D eigenvalue weighted by atomic mass is 16.3. The summed E-state index contributed by atoms with van der Waals surface area (Å²) in [5, 5.41) is 17.7. The fourth-order valence-electron chi connectivity index (χ4n) is 6.72. The summed E-state index contributed by atoms with van der Waals surface area (Å²) >= 11 is 0. The van der Waals surface area contributed by atoms with Crippen molar-refractivity contribution in [2.75, 3.05) is 13.6 Å². The molecule has 0 aromatic rings. The van der Waals surface area contributed by atoms with Crippen LogP contribution < -0.4 is 10.6 Å². The van der Waals surface area contributed by atoms with E-state index in [0.717, 1.165) is 38.6 Å². The fourth-order valence-corrected chi connectivity index (χ4v) is 6.72. The van der Waals surface area contributed by atoms with E-state index in [0.29, 0.717) is 12.0 Å². The minimum Gasteiger partial charge on any atom is -0.393 e. The quantitative estimate of drug-likeness (QED) is 0.531. The molecular weight excluding hydrogens is 306 g/mol. The lowest BCUT2D eigenvalue weighted by Crippen LogP contribution is -2.63. The molecule has 3 heterocycles. The second kappa shape index (κ2) is 5.26. The van der Waals surface area contributed by atoms with Crippen molar-refractivity contribution in [3.63, 3.8) is 0 Å². The van der Waals surface area contributed by atoms with Crippen LogP contribution in [-0.4, -0.2) is 59.6 Å². The molecule has 2 amide bonds. The predicted molar refractivity (Wildman–Crippen MR) is 86.8 cm³/mol. The molecule has 0 bridgehead atoms. The molecule has 5 rings (SSSR count). The number of fused-ring (bicyclic) bond motifs is 8. The third-order valence-corrected chi connectivity index (χ3v) is 7.62. The molecule has 6 nitrogen and oxygen atoms in total. The molecule has 9 atom stereocenters. The predicted octanol–water partition coefficient (Wildman–Crippen LogP) is -0.283. The van der Waals surface area contributed by atoms with Crippen LogP contribution in [0.25, 0.3) is 0 Å². The topological polar surface area (TPSA) is 81.7 Å². The van der Waals surface area contributed by atoms with Crippen LogP contribution in [0, 0.1) is 29.6 Å². The standard InChI is InChI=1S/C18H27N3O3/c1-21-17(23)13-9-3-2-6-19-15(9)16-12(14(13)18(21)24)10-7-8(22)4-5-11(10)20-16/h8-16,19-20,22H,2-7H2,1H3. The first-order chi connectivity index (χ1) is 11.6. The average molecular weight is 333 g/mol. The van der Waals surface area contributed by atoms with Crippen LogP contribution in [0.2, 0.25) is 0 Å². The number of aliphatic hydroxyl groups excluding tert-OH is 1. The van der Waals surface area contributed by atoms with Gasteiger partial charge in [-0.05, 0) is 56.4 Å². The van der Waals surface area contributed by atoms with Crippen LogP contribution in [-0.2, 0) is 9.59 Å². The highest BCUT2D eigenvalue weighted by Crippen LogP contribution is 2.54. The van der Waals surface area contributed by atoms with Gasteiger partial charge in [0.2, 0.25) is 11.8 Å². The van der Waals surface area contributed by atoms with Gasteiger partial charge in [-0.15, -0.1) is 0 Å². The number of carbonyl (C=O) groups excluding carboxylic acids is 2. The minimum absolute atomic E-state index is 0.0199. The fraction of sp³-hybridized carbons (Fsp3) is 0.889. The van der Waals surface area contributed by atoms with E-state index in [1.165, 1.54) is 4.90 Å². The van der Waals surface area contributed by atoms with Gasteiger partial charge < -0.3 is 15.7 Å². The van der Waals surface area contributed by atoms with E-state index in [2.05, 4.69) is 10.6 Å². The summed E-state index contributed by atoms with van der Waals surface area (Å²) < 4.78 is 0. The molecule has 0 spiro atoms. The van der Waals surface area contributed by atoms with E-state index in [9.17, 15) is 14.7 Å². The Morgan fingerprint density at radius 2 is 1.83 bits per heavy atom. The van der Waals surface area contributed by atoms with Crippen molar-refractivity contribution >= 4 is 11.8 Å². The summed E-state index contributed by atoms with van der Waals surface area (Å²) in [5.41, 5.74) is 0. The lowest BCUT2D eigenvalue weighted by atomic mass is 9.58. The first-order valence-electron chi connectivity index (χ1n) is 9.57. The van der Waals surface area contributed by atoms with Crippen LogP contribution in [0.4, 0.5) is 0 Å². The second-order valence-electron chi connectivity index (χ2n) is 8.58. The zero-order valence-corrected chi connectivity index (χ0v) is 14.1. The molecule has 0 aromatic heterocycles. The van der Waals surface area contributed by atoms with Crippen molar-refractivity contribution < 1.29 is 14.7 Å². The Labute approximate surface area is 142 Å². The molecule has 3 saturated heterocycles. The van der Waals surface area contributed by atoms with Crippen molar-refractivity contribution in [3.05, 3.63) is 0 Å². The van der Waals surface area contributed by atoms with Crippen molar-refractivity contribution in [1.82, 2.24) is 15.5 Å². The summed E-state index contributed by atoms with van der Waals surface area (Å²) in [4.78, 5) is 27.1. The summed E-state index contributed by atoms with van der Waals surface area (Å²) in [6.45, 7) is 0.999. The normalized spacial score (nSPS) is 53.4. The number of piperidine rings is 1. The summed E-state index contributed by atoms with van der Waals surface area (Å²) in [6.07, 6.45) is 4.45. The number of hydrogen-bond donors (Lipinski definition) is 3. The Kier molecular flexibility index (Phi) is 3.35. The van der Waals surface area contributed by atoms with Gasteiger partial charge in [-0.25, -0.2) is 0 Å². The molecule has 3 N–H and O–H groups in total. The van der Waals surface area contributed by atoms with Gasteiger partial charge in [0.1, 0.15) is 0 Å². The maximum absolute atomic E-state index is 12.9. The molecule has 2 aliphatic carbocycles. The number of imide groups is 1. The van der Waals surface area contributed by atoms with Gasteiger partial charge in [-0.3, -0.25) is 14.5 Å². The van der Waals surface area contributed by atoms with Gasteiger partial charge in [-0.1, -0.05) is 0 Å². The zero-order valence-electron chi connectivity index (χ0n) is 14.1. The number of rotatable bonds is 0. The highest BCUT2D eigenvalue weighted by molar-refractivity contribution is 6.05. The molecule has 0 radical (unpaired) electrons. The van der Waals surface area contributed by atoms with Gasteiger partial charge in [0, 0.05) is 25.2 Å². The molecule has 6 heteroatoms. The number of nitrogens with zero attached hydrogens (tertiary/aromatic N) is 1. The Bertz CT molecular complexity index is 582. The molecule has 2 saturated carbocycles. The summed E-state index contributed by atoms with van der Waals surface area (Å²) in [5.74, 6) is 0.488. The summed E-state index contributed by atoms with van der Waals surface area (Å²) in [6, 6.07) is 0.941. The minimum atomic E-state index is -0.257. The lowest BCUT2D eigenvalue weighted by Gasteiger charge is -2.49. The van der Waals surface area contributed by atoms with Crippen molar-refractivity contribution in [3.8, 4) is 0 Å². The Hall–Kier alpha value is -0.980. The molecule has 132 valence electrons. The molecule has 5 fully saturated rings. The maximum atomic E-state index is 12.9. The van der Waals surface area contributed by atoms with E-state index in [4.69, 9.17) is 0 Å². The van der Waals surface area contributed by atoms with E-state index in [1.807, 2.05) is 0 Å². The van der Waals surface area contributed by atoms with Crippen LogP contribution in [0.5, 0.6) is 0 Å². The molecule has 24 heavy (non-hydrogen) atoms. The van der Waals surface area contributed by atoms with Crippen LogP contribution in [0.3, 0.4) is 0 Å². The van der Waals surface area contributed by atoms with E-state index >= 15 is 0 Å². The largest absolute Gasteiger partial charge is 0.393 e. The maximum Gasteiger partial charge on any atom is 0.233 e. The van der Waals surface area contributed by atoms with Crippen molar-refractivity contribution in [2.24, 2.45) is 29.6 Å². The smallest absolute Gasteiger partial charge is 0.233 e. The number of amides is 2. The monoisotopic (exact) mass is 333 g/mol. The van der Waals surface area contributed by atoms with E-state index in [1.54, 1.807) is 7.05 Å². The van der Waals surface area contributed by atoms with Gasteiger partial charge in [-0.2, -0.15) is 0 Å². The van der Waals surface area contributed by atoms with Crippen LogP contribution in [0.15, 0.2) is 0 Å². The Morgan fingerprint density at radius 1 is 1.04 bits per heavy atom. The molecular formula is C18H27N3O3. The Morgan fingerprint density at radius 3 is 2.67 bits per heavy atom. The van der Waals surface area contributed by atoms with Gasteiger partial charge in [0.25, 0.3) is 0 Å². The third-order valence-electron chi connectivity index (χ3n) is 7.62. The number of likely N-dealkylation sites (tertiary alicyclic amines) is 1. The van der Waals surface area contributed by atoms with E-state index < -0.39 is 0 Å². The third kappa shape index (κ3) is 1.88. The molecule has 0 aromatic carbocycles. The average Bonchev–Trinajstić information content (AvgIpc) is 3.06. The van der Waals surface area contributed by atoms with Gasteiger partial charge in [0.15, 0.2) is 0 Å². The number of carbonyl (C=O) groups is 2. The molecule has 9 unspecified atom stereocenters. The summed E-state index contributed by atoms with van der Waals surface area (Å²) in [7, 11) is 1.65. The first-order valence-corrected chi connectivity index (χ1v) is 9.57. The second-order valence-corrected chi connectivity index (χ2v) is 8.58. The van der Waals surface area contributed by atoms with Crippen molar-refractivity contribution in [1.29, 1.82) is 0 Å². The van der Waals surface area contributed by atoms with Crippen LogP contribution in [0.1, 0.15) is 32.1 Å². The number of aliphatic hydroxyl groups is 1. The zero-order chi connectivity index (χ0) is 16.6. The highest BCUT2D eigenvalue weighted by Gasteiger charge is 2.65. The first kappa shape index (κ1) is 15.3. The van der Waals surface area contributed by atoms with Crippen LogP contribution >= 0.6 is 0 Å². The van der Waals surface area contributed by atoms with E-state index in [-0.39, 0.29) is 53.7 Å². The SMILES string of the molecule is CN1C(=O)C2C3CCCNC3C3NC4CCC(O)CC4C3C2C1=O. The Balaban J connectivity index is 1.57. The number of hydrogen-bond acceptors (Lipinski definition) is 5. The lowest BCUT2D eigenvalue weighted by molar-refractivity contribution is -0.138. The van der Waals surface area contributed by atoms with Gasteiger partial charge >= 0.3 is 0 Å². The number of nitrogens with one attached hydrogen (secondary N) is 2. The molecule has 3 aliphatic heterocycles. The molecule has 5 aliphatic rings. The van der Waals surface area contributed by atoms with Crippen molar-refractivity contribution in [2.45, 2.75) is 56.3 Å².